The number of rotatable bonds is 2. The first-order valence-corrected chi connectivity index (χ1v) is 8.05. The first kappa shape index (κ1) is 16.1. The molecule has 3 nitrogen and oxygen atoms in total. The van der Waals surface area contributed by atoms with Crippen molar-refractivity contribution in [2.24, 2.45) is 5.41 Å². The normalized spacial score (nSPS) is 21.6. The second-order valence-corrected chi connectivity index (χ2v) is 7.30. The summed E-state index contributed by atoms with van der Waals surface area (Å²) in [6, 6.07) is 3.28. The number of carbonyl (C=O) groups excluding carboxylic acids is 1. The van der Waals surface area contributed by atoms with Crippen LogP contribution in [-0.2, 0) is 4.79 Å². The standard InChI is InChI=1S/C14H17BrCl2N2O/c1-14(2)6-3-7-18-12(14)13(20)19-9-5-4-8(15)10(16)11(9)17/h4-5,12,18H,3,6-7H2,1-2H3,(H,19,20). The molecule has 1 amide bonds. The number of hydrogen-bond donors (Lipinski definition) is 2. The maximum absolute atomic E-state index is 12.4. The van der Waals surface area contributed by atoms with Crippen molar-refractivity contribution in [3.05, 3.63) is 26.7 Å². The van der Waals surface area contributed by atoms with Gasteiger partial charge in [-0.2, -0.15) is 0 Å². The van der Waals surface area contributed by atoms with Crippen LogP contribution in [-0.4, -0.2) is 18.5 Å². The molecule has 0 bridgehead atoms. The van der Waals surface area contributed by atoms with E-state index in [4.69, 9.17) is 23.2 Å². The fourth-order valence-corrected chi connectivity index (χ4v) is 3.31. The monoisotopic (exact) mass is 378 g/mol. The van der Waals surface area contributed by atoms with Crippen molar-refractivity contribution in [1.29, 1.82) is 0 Å². The zero-order chi connectivity index (χ0) is 14.9. The maximum Gasteiger partial charge on any atom is 0.242 e. The van der Waals surface area contributed by atoms with Gasteiger partial charge in [0, 0.05) is 4.47 Å². The molecule has 2 N–H and O–H groups in total. The summed E-state index contributed by atoms with van der Waals surface area (Å²) >= 11 is 15.5. The molecule has 110 valence electrons. The maximum atomic E-state index is 12.4. The average molecular weight is 380 g/mol. The minimum Gasteiger partial charge on any atom is -0.323 e. The number of amides is 1. The van der Waals surface area contributed by atoms with E-state index in [1.54, 1.807) is 12.1 Å². The fourth-order valence-electron chi connectivity index (χ4n) is 2.49. The van der Waals surface area contributed by atoms with E-state index in [-0.39, 0.29) is 17.4 Å². The van der Waals surface area contributed by atoms with Gasteiger partial charge in [-0.25, -0.2) is 0 Å². The van der Waals surface area contributed by atoms with Gasteiger partial charge in [-0.1, -0.05) is 37.0 Å². The molecule has 1 aromatic rings. The van der Waals surface area contributed by atoms with Crippen molar-refractivity contribution in [2.45, 2.75) is 32.7 Å². The molecule has 20 heavy (non-hydrogen) atoms. The highest BCUT2D eigenvalue weighted by atomic mass is 79.9. The zero-order valence-electron chi connectivity index (χ0n) is 11.4. The third-order valence-corrected chi connectivity index (χ3v) is 5.45. The lowest BCUT2D eigenvalue weighted by atomic mass is 9.77. The van der Waals surface area contributed by atoms with Crippen LogP contribution in [0.25, 0.3) is 0 Å². The number of halogens is 3. The van der Waals surface area contributed by atoms with E-state index < -0.39 is 0 Å². The van der Waals surface area contributed by atoms with Gasteiger partial charge in [0.05, 0.1) is 21.8 Å². The SMILES string of the molecule is CC1(C)CCCNC1C(=O)Nc1ccc(Br)c(Cl)c1Cl. The number of piperidine rings is 1. The highest BCUT2D eigenvalue weighted by Crippen LogP contribution is 2.37. The minimum atomic E-state index is -0.227. The van der Waals surface area contributed by atoms with Crippen molar-refractivity contribution in [3.8, 4) is 0 Å². The summed E-state index contributed by atoms with van der Waals surface area (Å²) in [6.45, 7) is 5.05. The lowest BCUT2D eigenvalue weighted by Crippen LogP contribution is -2.53. The van der Waals surface area contributed by atoms with Crippen LogP contribution in [0.5, 0.6) is 0 Å². The van der Waals surface area contributed by atoms with E-state index in [1.165, 1.54) is 0 Å². The number of carbonyl (C=O) groups is 1. The second-order valence-electron chi connectivity index (χ2n) is 5.69. The van der Waals surface area contributed by atoms with E-state index in [1.807, 2.05) is 0 Å². The molecule has 1 unspecified atom stereocenters. The Labute approximate surface area is 137 Å². The highest BCUT2D eigenvalue weighted by Gasteiger charge is 2.37. The topological polar surface area (TPSA) is 41.1 Å². The quantitative estimate of drug-likeness (QED) is 0.744. The summed E-state index contributed by atoms with van der Waals surface area (Å²) < 4.78 is 0.707. The summed E-state index contributed by atoms with van der Waals surface area (Å²) in [6.07, 6.45) is 2.11. The Morgan fingerprint density at radius 2 is 2.10 bits per heavy atom. The van der Waals surface area contributed by atoms with Gasteiger partial charge in [0.2, 0.25) is 5.91 Å². The number of anilines is 1. The third-order valence-electron chi connectivity index (χ3n) is 3.68. The van der Waals surface area contributed by atoms with Gasteiger partial charge in [0.15, 0.2) is 0 Å². The number of nitrogens with one attached hydrogen (secondary N) is 2. The van der Waals surface area contributed by atoms with Crippen LogP contribution in [0.4, 0.5) is 5.69 Å². The molecule has 1 fully saturated rings. The molecule has 0 spiro atoms. The molecule has 0 aromatic heterocycles. The predicted molar refractivity (Wildman–Crippen MR) is 87.6 cm³/mol. The molecule has 1 heterocycles. The lowest BCUT2D eigenvalue weighted by molar-refractivity contribution is -0.121. The Kier molecular flexibility index (Phi) is 5.00. The van der Waals surface area contributed by atoms with E-state index in [0.717, 1.165) is 19.4 Å². The highest BCUT2D eigenvalue weighted by molar-refractivity contribution is 9.10. The first-order valence-electron chi connectivity index (χ1n) is 6.50. The van der Waals surface area contributed by atoms with Crippen molar-refractivity contribution >= 4 is 50.7 Å². The van der Waals surface area contributed by atoms with Crippen LogP contribution in [0, 0.1) is 5.41 Å². The van der Waals surface area contributed by atoms with Crippen LogP contribution >= 0.6 is 39.1 Å². The largest absolute Gasteiger partial charge is 0.323 e. The average Bonchev–Trinajstić information content (AvgIpc) is 2.39. The van der Waals surface area contributed by atoms with Crippen molar-refractivity contribution in [3.63, 3.8) is 0 Å². The van der Waals surface area contributed by atoms with Gasteiger partial charge in [0.1, 0.15) is 0 Å². The van der Waals surface area contributed by atoms with Crippen LogP contribution in [0.2, 0.25) is 10.0 Å². The lowest BCUT2D eigenvalue weighted by Gasteiger charge is -2.38. The van der Waals surface area contributed by atoms with E-state index in [0.29, 0.717) is 20.2 Å². The molecule has 2 rings (SSSR count). The zero-order valence-corrected chi connectivity index (χ0v) is 14.5. The van der Waals surface area contributed by atoms with Crippen LogP contribution in [0.3, 0.4) is 0 Å². The molecule has 6 heteroatoms. The Morgan fingerprint density at radius 3 is 2.75 bits per heavy atom. The van der Waals surface area contributed by atoms with Crippen molar-refractivity contribution in [2.75, 3.05) is 11.9 Å². The molecule has 1 aliphatic rings. The van der Waals surface area contributed by atoms with Gasteiger partial charge in [0.25, 0.3) is 0 Å². The van der Waals surface area contributed by atoms with E-state index >= 15 is 0 Å². The summed E-state index contributed by atoms with van der Waals surface area (Å²) in [7, 11) is 0. The molecular weight excluding hydrogens is 363 g/mol. The van der Waals surface area contributed by atoms with Crippen LogP contribution in [0.1, 0.15) is 26.7 Å². The van der Waals surface area contributed by atoms with Gasteiger partial charge in [-0.3, -0.25) is 4.79 Å². The molecule has 1 aromatic carbocycles. The smallest absolute Gasteiger partial charge is 0.242 e. The summed E-state index contributed by atoms with van der Waals surface area (Å²) in [5.41, 5.74) is 0.460. The van der Waals surface area contributed by atoms with Crippen molar-refractivity contribution in [1.82, 2.24) is 5.32 Å². The van der Waals surface area contributed by atoms with Gasteiger partial charge >= 0.3 is 0 Å². The summed E-state index contributed by atoms with van der Waals surface area (Å²) in [4.78, 5) is 12.4. The Bertz CT molecular complexity index is 534. The van der Waals surface area contributed by atoms with Gasteiger partial charge in [-0.05, 0) is 52.9 Å². The molecule has 0 radical (unpaired) electrons. The van der Waals surface area contributed by atoms with Gasteiger partial charge < -0.3 is 10.6 Å². The summed E-state index contributed by atoms with van der Waals surface area (Å²) in [5.74, 6) is -0.0741. The molecule has 0 aliphatic carbocycles. The van der Waals surface area contributed by atoms with Crippen LogP contribution < -0.4 is 10.6 Å². The predicted octanol–water partition coefficient (Wildman–Crippen LogP) is 4.47. The van der Waals surface area contributed by atoms with Crippen LogP contribution in [0.15, 0.2) is 16.6 Å². The number of hydrogen-bond acceptors (Lipinski definition) is 2. The van der Waals surface area contributed by atoms with E-state index in [2.05, 4.69) is 40.4 Å². The van der Waals surface area contributed by atoms with E-state index in [9.17, 15) is 4.79 Å². The molecule has 1 saturated heterocycles. The summed E-state index contributed by atoms with van der Waals surface area (Å²) in [5, 5.41) is 6.90. The molecule has 1 aliphatic heterocycles. The Balaban J connectivity index is 2.18. The Hall–Kier alpha value is -0.290. The molecule has 0 saturated carbocycles. The second kappa shape index (κ2) is 6.22. The number of benzene rings is 1. The third kappa shape index (κ3) is 3.30. The fraction of sp³-hybridized carbons (Fsp3) is 0.500. The minimum absolute atomic E-state index is 0.0741. The van der Waals surface area contributed by atoms with Gasteiger partial charge in [-0.15, -0.1) is 0 Å². The van der Waals surface area contributed by atoms with Crippen molar-refractivity contribution < 1.29 is 4.79 Å². The molecular formula is C14H17BrCl2N2O. The first-order chi connectivity index (χ1) is 9.33. The Morgan fingerprint density at radius 1 is 1.40 bits per heavy atom. The molecule has 1 atom stereocenters.